The smallest absolute Gasteiger partial charge is 0.321 e. The van der Waals surface area contributed by atoms with Gasteiger partial charge in [-0.15, -0.1) is 0 Å². The number of phenols is 2. The molecule has 2 unspecified atom stereocenters. The SMILES string of the molecule is CCOC(=O)C1C(=O)N(CCCOC)c2nc3ccccc3n2C1c1ccc(O)c(O)c1. The van der Waals surface area contributed by atoms with Crippen LogP contribution in [0.5, 0.6) is 11.5 Å². The molecule has 9 heteroatoms. The summed E-state index contributed by atoms with van der Waals surface area (Å²) < 4.78 is 12.2. The first-order valence-corrected chi connectivity index (χ1v) is 10.4. The van der Waals surface area contributed by atoms with Gasteiger partial charge in [-0.25, -0.2) is 4.98 Å². The molecule has 0 saturated heterocycles. The molecular weight excluding hydrogens is 414 g/mol. The van der Waals surface area contributed by atoms with Crippen LogP contribution < -0.4 is 4.90 Å². The Morgan fingerprint density at radius 1 is 1.16 bits per heavy atom. The Kier molecular flexibility index (Phi) is 6.00. The minimum Gasteiger partial charge on any atom is -0.504 e. The number of rotatable bonds is 7. The van der Waals surface area contributed by atoms with Gasteiger partial charge in [-0.2, -0.15) is 0 Å². The molecule has 1 amide bonds. The lowest BCUT2D eigenvalue weighted by molar-refractivity contribution is -0.153. The van der Waals surface area contributed by atoms with Gasteiger partial charge in [-0.3, -0.25) is 14.5 Å². The second-order valence-electron chi connectivity index (χ2n) is 7.53. The highest BCUT2D eigenvalue weighted by Crippen LogP contribution is 2.42. The van der Waals surface area contributed by atoms with Crippen LogP contribution in [-0.4, -0.2) is 58.5 Å². The third-order valence-corrected chi connectivity index (χ3v) is 5.56. The number of phenolic OH excluding ortho intramolecular Hbond substituents is 2. The Balaban J connectivity index is 1.95. The number of fused-ring (bicyclic) bond motifs is 3. The van der Waals surface area contributed by atoms with E-state index >= 15 is 0 Å². The van der Waals surface area contributed by atoms with Crippen molar-refractivity contribution in [3.8, 4) is 11.5 Å². The van der Waals surface area contributed by atoms with E-state index in [9.17, 15) is 19.8 Å². The van der Waals surface area contributed by atoms with Crippen molar-refractivity contribution >= 4 is 28.9 Å². The van der Waals surface area contributed by atoms with Crippen molar-refractivity contribution in [2.24, 2.45) is 5.92 Å². The molecule has 168 valence electrons. The largest absolute Gasteiger partial charge is 0.504 e. The van der Waals surface area contributed by atoms with Gasteiger partial charge in [0.1, 0.15) is 0 Å². The molecule has 3 aromatic rings. The van der Waals surface area contributed by atoms with Crippen LogP contribution in [0.2, 0.25) is 0 Å². The summed E-state index contributed by atoms with van der Waals surface area (Å²) in [6, 6.07) is 10.9. The van der Waals surface area contributed by atoms with E-state index in [-0.39, 0.29) is 18.1 Å². The zero-order chi connectivity index (χ0) is 22.8. The minimum atomic E-state index is -1.19. The molecule has 0 saturated carbocycles. The lowest BCUT2D eigenvalue weighted by Crippen LogP contribution is -2.50. The average molecular weight is 439 g/mol. The van der Waals surface area contributed by atoms with Crippen LogP contribution in [0.15, 0.2) is 42.5 Å². The first-order valence-electron chi connectivity index (χ1n) is 10.4. The van der Waals surface area contributed by atoms with Gasteiger partial charge in [-0.05, 0) is 43.2 Å². The number of aromatic hydroxyl groups is 2. The van der Waals surface area contributed by atoms with Gasteiger partial charge in [0.25, 0.3) is 0 Å². The highest BCUT2D eigenvalue weighted by atomic mass is 16.5. The first kappa shape index (κ1) is 21.6. The van der Waals surface area contributed by atoms with Crippen LogP contribution in [0, 0.1) is 5.92 Å². The monoisotopic (exact) mass is 439 g/mol. The number of methoxy groups -OCH3 is 1. The quantitative estimate of drug-likeness (QED) is 0.252. The third-order valence-electron chi connectivity index (χ3n) is 5.56. The fourth-order valence-electron chi connectivity index (χ4n) is 4.15. The van der Waals surface area contributed by atoms with Crippen LogP contribution >= 0.6 is 0 Å². The molecule has 2 heterocycles. The molecule has 0 fully saturated rings. The summed E-state index contributed by atoms with van der Waals surface area (Å²) in [5, 5.41) is 19.9. The maximum Gasteiger partial charge on any atom is 0.321 e. The molecule has 2 N–H and O–H groups in total. The van der Waals surface area contributed by atoms with Crippen LogP contribution in [0.4, 0.5) is 5.95 Å². The van der Waals surface area contributed by atoms with Crippen molar-refractivity contribution in [3.05, 3.63) is 48.0 Å². The van der Waals surface area contributed by atoms with Crippen molar-refractivity contribution < 1.29 is 29.3 Å². The van der Waals surface area contributed by atoms with Crippen LogP contribution in [0.3, 0.4) is 0 Å². The van der Waals surface area contributed by atoms with Crippen LogP contribution in [0.25, 0.3) is 11.0 Å². The normalized spacial score (nSPS) is 18.1. The number of para-hydroxylation sites is 2. The molecule has 2 atom stereocenters. The number of carbonyl (C=O) groups excluding carboxylic acids is 2. The first-order chi connectivity index (χ1) is 15.5. The minimum absolute atomic E-state index is 0.122. The fraction of sp³-hybridized carbons (Fsp3) is 0.348. The summed E-state index contributed by atoms with van der Waals surface area (Å²) in [6.45, 7) is 2.57. The zero-order valence-corrected chi connectivity index (χ0v) is 17.9. The van der Waals surface area contributed by atoms with E-state index in [1.807, 2.05) is 28.8 Å². The predicted molar refractivity (Wildman–Crippen MR) is 117 cm³/mol. The molecule has 0 spiro atoms. The Bertz CT molecular complexity index is 1160. The number of carbonyl (C=O) groups is 2. The summed E-state index contributed by atoms with van der Waals surface area (Å²) in [5.41, 5.74) is 1.89. The number of hydrogen-bond donors (Lipinski definition) is 2. The van der Waals surface area contributed by atoms with E-state index in [1.54, 1.807) is 20.1 Å². The molecule has 0 bridgehead atoms. The number of hydrogen-bond acceptors (Lipinski definition) is 7. The molecule has 0 radical (unpaired) electrons. The van der Waals surface area contributed by atoms with E-state index in [1.165, 1.54) is 17.0 Å². The van der Waals surface area contributed by atoms with E-state index < -0.39 is 23.8 Å². The van der Waals surface area contributed by atoms with Crippen molar-refractivity contribution in [2.75, 3.05) is 31.8 Å². The Morgan fingerprint density at radius 2 is 1.94 bits per heavy atom. The highest BCUT2D eigenvalue weighted by Gasteiger charge is 2.47. The molecule has 9 nitrogen and oxygen atoms in total. The van der Waals surface area contributed by atoms with Gasteiger partial charge >= 0.3 is 5.97 Å². The maximum absolute atomic E-state index is 13.6. The number of nitrogens with zero attached hydrogens (tertiary/aromatic N) is 3. The molecule has 0 aliphatic carbocycles. The molecule has 1 aliphatic rings. The average Bonchev–Trinajstić information content (AvgIpc) is 3.16. The van der Waals surface area contributed by atoms with Crippen molar-refractivity contribution in [1.82, 2.24) is 9.55 Å². The second kappa shape index (κ2) is 8.88. The molecule has 1 aromatic heterocycles. The number of aromatic nitrogens is 2. The summed E-state index contributed by atoms with van der Waals surface area (Å²) in [4.78, 5) is 32.9. The standard InChI is InChI=1S/C23H25N3O6/c1-3-32-22(30)19-20(14-9-10-17(27)18(28)13-14)26-16-8-5-4-7-15(16)24-23(26)25(21(19)29)11-6-12-31-2/h4-5,7-10,13,19-20,27-28H,3,6,11-12H2,1-2H3. The molecule has 2 aromatic carbocycles. The number of benzene rings is 2. The lowest BCUT2D eigenvalue weighted by atomic mass is 9.89. The van der Waals surface area contributed by atoms with E-state index in [0.29, 0.717) is 36.6 Å². The van der Waals surface area contributed by atoms with Gasteiger partial charge in [-0.1, -0.05) is 18.2 Å². The van der Waals surface area contributed by atoms with Gasteiger partial charge < -0.3 is 24.3 Å². The Hall–Kier alpha value is -3.59. The number of anilines is 1. The van der Waals surface area contributed by atoms with Crippen molar-refractivity contribution in [2.45, 2.75) is 19.4 Å². The summed E-state index contributed by atoms with van der Waals surface area (Å²) in [6.07, 6.45) is 0.561. The molecular formula is C23H25N3O6. The topological polar surface area (TPSA) is 114 Å². The summed E-state index contributed by atoms with van der Waals surface area (Å²) >= 11 is 0. The van der Waals surface area contributed by atoms with Gasteiger partial charge in [0.15, 0.2) is 17.4 Å². The van der Waals surface area contributed by atoms with Gasteiger partial charge in [0.05, 0.1) is 23.7 Å². The number of esters is 1. The van der Waals surface area contributed by atoms with E-state index in [2.05, 4.69) is 4.98 Å². The molecule has 1 aliphatic heterocycles. The predicted octanol–water partition coefficient (Wildman–Crippen LogP) is 2.60. The maximum atomic E-state index is 13.6. The van der Waals surface area contributed by atoms with Crippen LogP contribution in [-0.2, 0) is 19.1 Å². The fourth-order valence-corrected chi connectivity index (χ4v) is 4.15. The third kappa shape index (κ3) is 3.64. The van der Waals surface area contributed by atoms with Crippen molar-refractivity contribution in [1.29, 1.82) is 0 Å². The number of ether oxygens (including phenoxy) is 2. The second-order valence-corrected chi connectivity index (χ2v) is 7.53. The highest BCUT2D eigenvalue weighted by molar-refractivity contribution is 6.08. The van der Waals surface area contributed by atoms with Gasteiger partial charge in [0, 0.05) is 20.3 Å². The van der Waals surface area contributed by atoms with E-state index in [4.69, 9.17) is 9.47 Å². The van der Waals surface area contributed by atoms with Crippen molar-refractivity contribution in [3.63, 3.8) is 0 Å². The Morgan fingerprint density at radius 3 is 2.66 bits per heavy atom. The lowest BCUT2D eigenvalue weighted by Gasteiger charge is -2.38. The molecule has 32 heavy (non-hydrogen) atoms. The Labute approximate surface area is 184 Å². The number of amides is 1. The zero-order valence-electron chi connectivity index (χ0n) is 17.9. The van der Waals surface area contributed by atoms with Crippen LogP contribution in [0.1, 0.15) is 24.9 Å². The summed E-state index contributed by atoms with van der Waals surface area (Å²) in [7, 11) is 1.59. The van der Waals surface area contributed by atoms with Gasteiger partial charge in [0.2, 0.25) is 11.9 Å². The molecule has 4 rings (SSSR count). The number of imidazole rings is 1. The summed E-state index contributed by atoms with van der Waals surface area (Å²) in [5.74, 6) is -2.50. The van der Waals surface area contributed by atoms with E-state index in [0.717, 1.165) is 5.52 Å².